The number of benzene rings is 1. The van der Waals surface area contributed by atoms with E-state index in [2.05, 4.69) is 87.2 Å². The molecule has 3 heteroatoms. The fourth-order valence-corrected chi connectivity index (χ4v) is 2.74. The van der Waals surface area contributed by atoms with Crippen molar-refractivity contribution in [3.05, 3.63) is 77.4 Å². The molecular formula is C28H44OSiTi-. The molecule has 0 saturated carbocycles. The zero-order chi connectivity index (χ0) is 23.3. The van der Waals surface area contributed by atoms with Gasteiger partial charge in [-0.05, 0) is 29.0 Å². The molecule has 0 spiro atoms. The zero-order valence-corrected chi connectivity index (χ0v) is 24.3. The largest absolute Gasteiger partial charge is 0.489 e. The van der Waals surface area contributed by atoms with E-state index in [0.29, 0.717) is 18.4 Å². The molecule has 1 radical (unpaired) electrons. The number of allylic oxidation sites excluding steroid dienone is 6. The second kappa shape index (κ2) is 16.5. The van der Waals surface area contributed by atoms with E-state index >= 15 is 0 Å². The first-order valence-corrected chi connectivity index (χ1v) is 13.3. The van der Waals surface area contributed by atoms with Gasteiger partial charge >= 0.3 is 0 Å². The van der Waals surface area contributed by atoms with Gasteiger partial charge < -0.3 is 4.74 Å². The van der Waals surface area contributed by atoms with Crippen molar-refractivity contribution < 1.29 is 26.5 Å². The summed E-state index contributed by atoms with van der Waals surface area (Å²) in [7, 11) is 0.750. The molecule has 2 rings (SSSR count). The van der Waals surface area contributed by atoms with Crippen molar-refractivity contribution in [1.29, 1.82) is 0 Å². The molecule has 0 aromatic heterocycles. The van der Waals surface area contributed by atoms with Crippen LogP contribution in [0.5, 0.6) is 5.75 Å². The predicted molar refractivity (Wildman–Crippen MR) is 138 cm³/mol. The summed E-state index contributed by atoms with van der Waals surface area (Å²) in [5, 5.41) is 0. The third kappa shape index (κ3) is 13.1. The van der Waals surface area contributed by atoms with Gasteiger partial charge in [-0.15, -0.1) is 13.5 Å². The second-order valence-corrected chi connectivity index (χ2v) is 10.2. The quantitative estimate of drug-likeness (QED) is 0.239. The fraction of sp³-hybridized carbons (Fsp3) is 0.500. The topological polar surface area (TPSA) is 9.23 Å². The number of hydrogen-bond acceptors (Lipinski definition) is 1. The van der Waals surface area contributed by atoms with E-state index < -0.39 is 0 Å². The Hall–Kier alpha value is -1.09. The molecule has 2 atom stereocenters. The number of para-hydroxylation sites is 1. The van der Waals surface area contributed by atoms with Crippen LogP contribution in [0.15, 0.2) is 71.4 Å². The van der Waals surface area contributed by atoms with Gasteiger partial charge in [0.05, 0.1) is 0 Å². The minimum atomic E-state index is 0. The summed E-state index contributed by atoms with van der Waals surface area (Å²) in [6.45, 7) is 26.3. The molecule has 0 N–H and O–H groups in total. The molecule has 0 heterocycles. The van der Waals surface area contributed by atoms with Crippen molar-refractivity contribution in [2.75, 3.05) is 6.61 Å². The standard InChI is InChI=1S/C17H24O.C9H13.C2H7Si.Ti/c1-6-14(2)12-15(17(3,4)5)13-18-16-10-8-7-9-11-16;1-6-5-7(2)9(4)8(6)3;1-3-2;/h6-12,14H,1,13H2,2-5H3;6H,1-4H3;3H,1-2H3;/q;-1;;. The molecule has 1 aromatic carbocycles. The molecule has 2 unspecified atom stereocenters. The Kier molecular flexibility index (Phi) is 17.1. The van der Waals surface area contributed by atoms with Gasteiger partial charge in [-0.25, -0.2) is 5.57 Å². The summed E-state index contributed by atoms with van der Waals surface area (Å²) in [4.78, 5) is 0. The maximum absolute atomic E-state index is 5.84. The first-order chi connectivity index (χ1) is 14.0. The normalized spacial score (nSPS) is 16.6. The third-order valence-corrected chi connectivity index (χ3v) is 5.17. The van der Waals surface area contributed by atoms with Crippen molar-refractivity contribution in [3.8, 4) is 5.75 Å². The van der Waals surface area contributed by atoms with Crippen LogP contribution in [-0.4, -0.2) is 16.1 Å². The Morgan fingerprint density at radius 3 is 2.00 bits per heavy atom. The summed E-state index contributed by atoms with van der Waals surface area (Å²) in [5.74, 6) is 1.85. The maximum Gasteiger partial charge on any atom is 0.119 e. The first kappa shape index (κ1) is 32.1. The fourth-order valence-electron chi connectivity index (χ4n) is 2.74. The van der Waals surface area contributed by atoms with Gasteiger partial charge in [0.15, 0.2) is 0 Å². The monoisotopic (exact) mass is 472 g/mol. The zero-order valence-electron chi connectivity index (χ0n) is 21.6. The molecule has 1 nitrogen and oxygen atoms in total. The van der Waals surface area contributed by atoms with Gasteiger partial charge in [0.25, 0.3) is 0 Å². The van der Waals surface area contributed by atoms with Crippen LogP contribution < -0.4 is 4.74 Å². The van der Waals surface area contributed by atoms with Gasteiger partial charge in [-0.3, -0.25) is 6.08 Å². The number of hydrogen-bond donors (Lipinski definition) is 0. The molecule has 0 saturated heterocycles. The van der Waals surface area contributed by atoms with Crippen LogP contribution in [0.25, 0.3) is 0 Å². The molecule has 0 bridgehead atoms. The molecule has 0 aliphatic heterocycles. The van der Waals surface area contributed by atoms with Gasteiger partial charge in [-0.1, -0.05) is 97.8 Å². The summed E-state index contributed by atoms with van der Waals surface area (Å²) >= 11 is 0. The van der Waals surface area contributed by atoms with Crippen molar-refractivity contribution in [1.82, 2.24) is 0 Å². The smallest absolute Gasteiger partial charge is 0.119 e. The second-order valence-electron chi connectivity index (χ2n) is 9.01. The van der Waals surface area contributed by atoms with Gasteiger partial charge in [0.1, 0.15) is 12.4 Å². The Bertz CT molecular complexity index is 723. The summed E-state index contributed by atoms with van der Waals surface area (Å²) in [6.07, 6.45) is 7.56. The van der Waals surface area contributed by atoms with Gasteiger partial charge in [0.2, 0.25) is 0 Å². The van der Waals surface area contributed by atoms with Gasteiger partial charge in [-0.2, -0.15) is 11.1 Å². The molecule has 1 aliphatic rings. The summed E-state index contributed by atoms with van der Waals surface area (Å²) in [6, 6.07) is 9.94. The van der Waals surface area contributed by atoms with Crippen molar-refractivity contribution in [3.63, 3.8) is 0 Å². The minimum Gasteiger partial charge on any atom is -0.489 e. The minimum absolute atomic E-state index is 0. The molecule has 0 fully saturated rings. The Morgan fingerprint density at radius 2 is 1.68 bits per heavy atom. The molecule has 1 aromatic rings. The molecule has 31 heavy (non-hydrogen) atoms. The van der Waals surface area contributed by atoms with E-state index in [-0.39, 0.29) is 27.1 Å². The Labute approximate surface area is 210 Å². The van der Waals surface area contributed by atoms with E-state index in [1.807, 2.05) is 36.4 Å². The van der Waals surface area contributed by atoms with Crippen molar-refractivity contribution in [2.45, 2.75) is 68.5 Å². The van der Waals surface area contributed by atoms with E-state index in [1.54, 1.807) is 0 Å². The van der Waals surface area contributed by atoms with Crippen LogP contribution in [0.4, 0.5) is 0 Å². The van der Waals surface area contributed by atoms with E-state index in [0.717, 1.165) is 15.3 Å². The predicted octanol–water partition coefficient (Wildman–Crippen LogP) is 8.10. The van der Waals surface area contributed by atoms with Crippen molar-refractivity contribution in [2.24, 2.45) is 17.3 Å². The molecule has 1 aliphatic carbocycles. The van der Waals surface area contributed by atoms with E-state index in [1.165, 1.54) is 22.3 Å². The van der Waals surface area contributed by atoms with E-state index in [4.69, 9.17) is 4.74 Å². The first-order valence-electron chi connectivity index (χ1n) is 11.0. The van der Waals surface area contributed by atoms with Crippen molar-refractivity contribution >= 4 is 9.52 Å². The maximum atomic E-state index is 5.84. The Morgan fingerprint density at radius 1 is 1.16 bits per heavy atom. The van der Waals surface area contributed by atoms with Crippen LogP contribution in [-0.2, 0) is 21.7 Å². The summed E-state index contributed by atoms with van der Waals surface area (Å²) in [5.41, 5.74) is 5.67. The average Bonchev–Trinajstić information content (AvgIpc) is 2.91. The molecule has 171 valence electrons. The van der Waals surface area contributed by atoms with Crippen LogP contribution in [0.2, 0.25) is 13.1 Å². The number of rotatable bonds is 5. The van der Waals surface area contributed by atoms with Crippen LogP contribution in [0.3, 0.4) is 0 Å². The average molecular weight is 473 g/mol. The third-order valence-electron chi connectivity index (χ3n) is 5.17. The summed E-state index contributed by atoms with van der Waals surface area (Å²) < 4.78 is 5.84. The van der Waals surface area contributed by atoms with Gasteiger partial charge in [0, 0.05) is 31.2 Å². The van der Waals surface area contributed by atoms with Crippen LogP contribution in [0, 0.1) is 23.3 Å². The van der Waals surface area contributed by atoms with Crippen LogP contribution >= 0.6 is 0 Å². The molecular weight excluding hydrogens is 428 g/mol. The Balaban J connectivity index is 0. The SMILES string of the molecule is C=CC(C)C=C(COc1ccccc1)C(C)(C)C.CC1=[C-]C(C)C(C)=C1C.C[SiH]C.[Ti]. The van der Waals surface area contributed by atoms with Crippen LogP contribution in [0.1, 0.15) is 55.4 Å². The number of ether oxygens (including phenoxy) is 1. The van der Waals surface area contributed by atoms with E-state index in [9.17, 15) is 0 Å². The molecule has 0 amide bonds.